The molecule has 0 amide bonds. The molecular formula is C11H15Cl2N. The molecule has 0 aliphatic rings. The monoisotopic (exact) mass is 231 g/mol. The summed E-state index contributed by atoms with van der Waals surface area (Å²) in [5.74, 6) is 0.509. The number of likely N-dealkylation sites (N-methyl/N-ethyl adjacent to an activating group) is 1. The van der Waals surface area contributed by atoms with Crippen molar-refractivity contribution in [3.05, 3.63) is 33.8 Å². The second-order valence-corrected chi connectivity index (χ2v) is 4.15. The minimum absolute atomic E-state index is 0.509. The molecular weight excluding hydrogens is 217 g/mol. The Labute approximate surface area is 95.4 Å². The highest BCUT2D eigenvalue weighted by atomic mass is 35.5. The van der Waals surface area contributed by atoms with E-state index < -0.39 is 0 Å². The van der Waals surface area contributed by atoms with E-state index in [4.69, 9.17) is 23.2 Å². The van der Waals surface area contributed by atoms with Crippen molar-refractivity contribution in [1.29, 1.82) is 0 Å². The van der Waals surface area contributed by atoms with Crippen LogP contribution in [0.1, 0.15) is 24.8 Å². The number of hydrogen-bond acceptors (Lipinski definition) is 1. The molecule has 0 bridgehead atoms. The zero-order valence-corrected chi connectivity index (χ0v) is 9.99. The molecule has 0 radical (unpaired) electrons. The minimum atomic E-state index is 0.509. The third kappa shape index (κ3) is 2.88. The van der Waals surface area contributed by atoms with Crippen LogP contribution in [-0.4, -0.2) is 13.6 Å². The highest BCUT2D eigenvalue weighted by molar-refractivity contribution is 6.42. The molecule has 0 heterocycles. The van der Waals surface area contributed by atoms with Crippen molar-refractivity contribution in [3.8, 4) is 0 Å². The molecule has 1 aromatic carbocycles. The van der Waals surface area contributed by atoms with E-state index in [1.165, 1.54) is 5.56 Å². The van der Waals surface area contributed by atoms with E-state index in [1.54, 1.807) is 0 Å². The van der Waals surface area contributed by atoms with Gasteiger partial charge in [-0.2, -0.15) is 0 Å². The fourth-order valence-corrected chi connectivity index (χ4v) is 1.82. The maximum atomic E-state index is 5.96. The lowest BCUT2D eigenvalue weighted by Crippen LogP contribution is -2.16. The van der Waals surface area contributed by atoms with E-state index in [9.17, 15) is 0 Å². The molecule has 0 unspecified atom stereocenters. The third-order valence-electron chi connectivity index (χ3n) is 2.36. The van der Waals surface area contributed by atoms with Crippen LogP contribution in [-0.2, 0) is 0 Å². The number of halogens is 2. The van der Waals surface area contributed by atoms with Gasteiger partial charge in [0, 0.05) is 6.54 Å². The van der Waals surface area contributed by atoms with Gasteiger partial charge in [-0.25, -0.2) is 0 Å². The lowest BCUT2D eigenvalue weighted by molar-refractivity contribution is 0.612. The molecule has 78 valence electrons. The van der Waals surface area contributed by atoms with E-state index in [0.717, 1.165) is 13.0 Å². The smallest absolute Gasteiger partial charge is 0.0595 e. The van der Waals surface area contributed by atoms with Crippen molar-refractivity contribution in [2.45, 2.75) is 19.3 Å². The first-order valence-electron chi connectivity index (χ1n) is 4.78. The maximum Gasteiger partial charge on any atom is 0.0595 e. The summed E-state index contributed by atoms with van der Waals surface area (Å²) in [6, 6.07) is 5.85. The molecule has 0 fully saturated rings. The quantitative estimate of drug-likeness (QED) is 0.834. The van der Waals surface area contributed by atoms with E-state index in [-0.39, 0.29) is 0 Å². The molecule has 0 saturated heterocycles. The first-order chi connectivity index (χ1) is 6.69. The molecule has 0 spiro atoms. The predicted octanol–water partition coefficient (Wildman–Crippen LogP) is 3.71. The second kappa shape index (κ2) is 5.59. The summed E-state index contributed by atoms with van der Waals surface area (Å²) in [5.41, 5.74) is 1.25. The molecule has 0 saturated carbocycles. The van der Waals surface area contributed by atoms with Crippen molar-refractivity contribution in [2.75, 3.05) is 13.6 Å². The Kier molecular flexibility index (Phi) is 4.73. The standard InChI is InChI=1S/C11H15Cl2N/c1-3-8(7-14-2)9-4-5-10(12)11(13)6-9/h4-6,8,14H,3,7H2,1-2H3/t8-/m1/s1. The molecule has 1 aromatic rings. The van der Waals surface area contributed by atoms with Crippen molar-refractivity contribution in [3.63, 3.8) is 0 Å². The summed E-state index contributed by atoms with van der Waals surface area (Å²) >= 11 is 11.8. The van der Waals surface area contributed by atoms with E-state index >= 15 is 0 Å². The largest absolute Gasteiger partial charge is 0.319 e. The Morgan fingerprint density at radius 1 is 1.29 bits per heavy atom. The van der Waals surface area contributed by atoms with Gasteiger partial charge in [-0.15, -0.1) is 0 Å². The Bertz CT molecular complexity index is 299. The molecule has 0 aliphatic heterocycles. The van der Waals surface area contributed by atoms with Gasteiger partial charge < -0.3 is 5.32 Å². The van der Waals surface area contributed by atoms with Gasteiger partial charge in [0.2, 0.25) is 0 Å². The third-order valence-corrected chi connectivity index (χ3v) is 3.10. The van der Waals surface area contributed by atoms with Crippen molar-refractivity contribution >= 4 is 23.2 Å². The summed E-state index contributed by atoms with van der Waals surface area (Å²) in [7, 11) is 1.96. The van der Waals surface area contributed by atoms with Crippen LogP contribution in [0.15, 0.2) is 18.2 Å². The van der Waals surface area contributed by atoms with E-state index in [2.05, 4.69) is 12.2 Å². The Morgan fingerprint density at radius 3 is 2.50 bits per heavy atom. The summed E-state index contributed by atoms with van der Waals surface area (Å²) in [4.78, 5) is 0. The van der Waals surface area contributed by atoms with Crippen LogP contribution in [0.5, 0.6) is 0 Å². The Balaban J connectivity index is 2.88. The molecule has 0 aliphatic carbocycles. The van der Waals surface area contributed by atoms with Crippen LogP contribution in [0.2, 0.25) is 10.0 Å². The summed E-state index contributed by atoms with van der Waals surface area (Å²) in [6.07, 6.45) is 1.10. The lowest BCUT2D eigenvalue weighted by atomic mass is 9.97. The molecule has 3 heteroatoms. The van der Waals surface area contributed by atoms with Gasteiger partial charge in [0.25, 0.3) is 0 Å². The van der Waals surface area contributed by atoms with Crippen molar-refractivity contribution in [1.82, 2.24) is 5.32 Å². The molecule has 1 atom stereocenters. The number of hydrogen-bond donors (Lipinski definition) is 1. The summed E-state index contributed by atoms with van der Waals surface area (Å²) < 4.78 is 0. The second-order valence-electron chi connectivity index (χ2n) is 3.34. The minimum Gasteiger partial charge on any atom is -0.319 e. The predicted molar refractivity (Wildman–Crippen MR) is 63.4 cm³/mol. The SMILES string of the molecule is CC[C@H](CNC)c1ccc(Cl)c(Cl)c1. The highest BCUT2D eigenvalue weighted by Gasteiger charge is 2.09. The van der Waals surface area contributed by atoms with Gasteiger partial charge in [-0.05, 0) is 37.1 Å². The van der Waals surface area contributed by atoms with E-state index in [0.29, 0.717) is 16.0 Å². The normalized spacial score (nSPS) is 12.9. The van der Waals surface area contributed by atoms with Crippen LogP contribution in [0, 0.1) is 0 Å². The zero-order valence-electron chi connectivity index (χ0n) is 8.48. The topological polar surface area (TPSA) is 12.0 Å². The van der Waals surface area contributed by atoms with Gasteiger partial charge in [0.15, 0.2) is 0 Å². The number of nitrogens with one attached hydrogen (secondary N) is 1. The van der Waals surface area contributed by atoms with Gasteiger partial charge in [0.05, 0.1) is 10.0 Å². The fraction of sp³-hybridized carbons (Fsp3) is 0.455. The number of benzene rings is 1. The van der Waals surface area contributed by atoms with Gasteiger partial charge in [-0.3, -0.25) is 0 Å². The van der Waals surface area contributed by atoms with Crippen molar-refractivity contribution in [2.24, 2.45) is 0 Å². The molecule has 0 aromatic heterocycles. The Hall–Kier alpha value is -0.240. The number of rotatable bonds is 4. The summed E-state index contributed by atoms with van der Waals surface area (Å²) in [6.45, 7) is 3.14. The molecule has 1 nitrogen and oxygen atoms in total. The van der Waals surface area contributed by atoms with Gasteiger partial charge in [0.1, 0.15) is 0 Å². The molecule has 1 rings (SSSR count). The van der Waals surface area contributed by atoms with Crippen LogP contribution in [0.25, 0.3) is 0 Å². The van der Waals surface area contributed by atoms with E-state index in [1.807, 2.05) is 25.2 Å². The van der Waals surface area contributed by atoms with Crippen LogP contribution in [0.4, 0.5) is 0 Å². The van der Waals surface area contributed by atoms with Crippen LogP contribution < -0.4 is 5.32 Å². The maximum absolute atomic E-state index is 5.96. The molecule has 14 heavy (non-hydrogen) atoms. The first-order valence-corrected chi connectivity index (χ1v) is 5.54. The van der Waals surface area contributed by atoms with Crippen LogP contribution in [0.3, 0.4) is 0 Å². The Morgan fingerprint density at radius 2 is 2.00 bits per heavy atom. The van der Waals surface area contributed by atoms with Gasteiger partial charge in [-0.1, -0.05) is 36.2 Å². The molecule has 1 N–H and O–H groups in total. The fourth-order valence-electron chi connectivity index (χ4n) is 1.51. The van der Waals surface area contributed by atoms with Gasteiger partial charge >= 0.3 is 0 Å². The van der Waals surface area contributed by atoms with Crippen molar-refractivity contribution < 1.29 is 0 Å². The zero-order chi connectivity index (χ0) is 10.6. The average molecular weight is 232 g/mol. The highest BCUT2D eigenvalue weighted by Crippen LogP contribution is 2.27. The van der Waals surface area contributed by atoms with Crippen LogP contribution >= 0.6 is 23.2 Å². The summed E-state index contributed by atoms with van der Waals surface area (Å²) in [5, 5.41) is 4.43. The lowest BCUT2D eigenvalue weighted by Gasteiger charge is -2.15. The average Bonchev–Trinajstić information content (AvgIpc) is 2.19. The first kappa shape index (κ1) is 11.8.